The number of methoxy groups -OCH3 is 1. The summed E-state index contributed by atoms with van der Waals surface area (Å²) >= 11 is 0. The van der Waals surface area contributed by atoms with E-state index in [1.807, 2.05) is 18.3 Å². The molecule has 0 atom stereocenters. The van der Waals surface area contributed by atoms with Gasteiger partial charge in [-0.25, -0.2) is 0 Å². The third-order valence-electron chi connectivity index (χ3n) is 5.34. The van der Waals surface area contributed by atoms with Crippen LogP contribution in [0.3, 0.4) is 0 Å². The Bertz CT molecular complexity index is 1070. The van der Waals surface area contributed by atoms with Crippen LogP contribution in [0, 0.1) is 13.8 Å². The van der Waals surface area contributed by atoms with Gasteiger partial charge < -0.3 is 9.30 Å². The molecule has 28 heavy (non-hydrogen) atoms. The second-order valence-electron chi connectivity index (χ2n) is 6.96. The molecule has 0 fully saturated rings. The normalized spacial score (nSPS) is 10.7. The smallest absolute Gasteiger partial charge is 0.118 e. The van der Waals surface area contributed by atoms with E-state index in [-0.39, 0.29) is 12.4 Å². The number of hydrogen-bond donors (Lipinski definition) is 0. The Morgan fingerprint density at radius 1 is 0.893 bits per heavy atom. The first-order valence-electron chi connectivity index (χ1n) is 9.27. The average Bonchev–Trinajstić information content (AvgIpc) is 2.95. The SMILES string of the molecule is COc1ccc(Cn2c(C)c(C)c3ccnc(Cc4ccccc4)c32)cc1.Cl. The van der Waals surface area contributed by atoms with Gasteiger partial charge in [-0.2, -0.15) is 0 Å². The number of aromatic nitrogens is 2. The number of rotatable bonds is 5. The highest BCUT2D eigenvalue weighted by Crippen LogP contribution is 2.29. The second kappa shape index (κ2) is 8.49. The molecule has 144 valence electrons. The fourth-order valence-electron chi connectivity index (χ4n) is 3.70. The second-order valence-corrected chi connectivity index (χ2v) is 6.96. The van der Waals surface area contributed by atoms with Gasteiger partial charge in [0.1, 0.15) is 5.75 Å². The zero-order valence-electron chi connectivity index (χ0n) is 16.5. The van der Waals surface area contributed by atoms with Crippen molar-refractivity contribution in [2.45, 2.75) is 26.8 Å². The van der Waals surface area contributed by atoms with Crippen LogP contribution in [0.4, 0.5) is 0 Å². The summed E-state index contributed by atoms with van der Waals surface area (Å²) in [6.07, 6.45) is 2.77. The topological polar surface area (TPSA) is 27.1 Å². The summed E-state index contributed by atoms with van der Waals surface area (Å²) in [6.45, 7) is 5.23. The lowest BCUT2D eigenvalue weighted by molar-refractivity contribution is 0.414. The molecule has 4 aromatic rings. The van der Waals surface area contributed by atoms with Crippen molar-refractivity contribution >= 4 is 23.3 Å². The van der Waals surface area contributed by atoms with Crippen LogP contribution in [0.25, 0.3) is 10.9 Å². The number of pyridine rings is 1. The van der Waals surface area contributed by atoms with Crippen molar-refractivity contribution < 1.29 is 4.74 Å². The molecule has 0 aliphatic heterocycles. The van der Waals surface area contributed by atoms with Crippen molar-refractivity contribution in [1.29, 1.82) is 0 Å². The third-order valence-corrected chi connectivity index (χ3v) is 5.34. The molecule has 0 N–H and O–H groups in total. The van der Waals surface area contributed by atoms with Crippen LogP contribution in [0.2, 0.25) is 0 Å². The van der Waals surface area contributed by atoms with Gasteiger partial charge in [-0.1, -0.05) is 42.5 Å². The van der Waals surface area contributed by atoms with Gasteiger partial charge in [-0.15, -0.1) is 12.4 Å². The van der Waals surface area contributed by atoms with Crippen molar-refractivity contribution in [3.8, 4) is 5.75 Å². The summed E-state index contributed by atoms with van der Waals surface area (Å²) < 4.78 is 7.69. The van der Waals surface area contributed by atoms with Crippen molar-refractivity contribution in [2.24, 2.45) is 0 Å². The van der Waals surface area contributed by atoms with E-state index in [9.17, 15) is 0 Å². The molecule has 0 unspecified atom stereocenters. The van der Waals surface area contributed by atoms with Gasteiger partial charge in [0.2, 0.25) is 0 Å². The number of hydrogen-bond acceptors (Lipinski definition) is 2. The van der Waals surface area contributed by atoms with Crippen LogP contribution >= 0.6 is 12.4 Å². The first kappa shape index (κ1) is 20.0. The largest absolute Gasteiger partial charge is 0.497 e. The predicted molar refractivity (Wildman–Crippen MR) is 118 cm³/mol. The molecule has 4 heteroatoms. The molecule has 2 aromatic carbocycles. The minimum absolute atomic E-state index is 0. The highest BCUT2D eigenvalue weighted by Gasteiger charge is 2.15. The van der Waals surface area contributed by atoms with E-state index < -0.39 is 0 Å². The maximum atomic E-state index is 5.29. The first-order valence-corrected chi connectivity index (χ1v) is 9.27. The van der Waals surface area contributed by atoms with E-state index in [0.29, 0.717) is 0 Å². The summed E-state index contributed by atoms with van der Waals surface area (Å²) in [6, 6.07) is 21.0. The summed E-state index contributed by atoms with van der Waals surface area (Å²) in [7, 11) is 1.70. The minimum Gasteiger partial charge on any atom is -0.497 e. The first-order chi connectivity index (χ1) is 13.2. The van der Waals surface area contributed by atoms with E-state index >= 15 is 0 Å². The molecule has 0 spiro atoms. The minimum atomic E-state index is 0. The molecule has 0 saturated heterocycles. The van der Waals surface area contributed by atoms with Gasteiger partial charge in [0.05, 0.1) is 18.3 Å². The fourth-order valence-corrected chi connectivity index (χ4v) is 3.70. The van der Waals surface area contributed by atoms with Gasteiger partial charge >= 0.3 is 0 Å². The van der Waals surface area contributed by atoms with Gasteiger partial charge in [0, 0.05) is 30.2 Å². The number of aryl methyl sites for hydroxylation is 1. The zero-order chi connectivity index (χ0) is 18.8. The molecule has 3 nitrogen and oxygen atoms in total. The summed E-state index contributed by atoms with van der Waals surface area (Å²) in [5.74, 6) is 0.885. The Hall–Kier alpha value is -2.78. The highest BCUT2D eigenvalue weighted by atomic mass is 35.5. The van der Waals surface area contributed by atoms with Crippen molar-refractivity contribution in [1.82, 2.24) is 9.55 Å². The maximum Gasteiger partial charge on any atom is 0.118 e. The highest BCUT2D eigenvalue weighted by molar-refractivity contribution is 5.87. The number of nitrogens with zero attached hydrogens (tertiary/aromatic N) is 2. The average molecular weight is 393 g/mol. The number of halogens is 1. The summed E-state index contributed by atoms with van der Waals surface area (Å²) in [4.78, 5) is 4.75. The standard InChI is InChI=1S/C24H24N2O.ClH/c1-17-18(2)26(16-20-9-11-21(27-3)12-10-20)24-22(17)13-14-25-23(24)15-19-7-5-4-6-8-19;/h4-14H,15-16H2,1-3H3;1H. The molecule has 0 bridgehead atoms. The molecule has 0 amide bonds. The number of benzene rings is 2. The number of ether oxygens (including phenoxy) is 1. The van der Waals surface area contributed by atoms with E-state index in [4.69, 9.17) is 9.72 Å². The van der Waals surface area contributed by atoms with Gasteiger partial charge in [-0.3, -0.25) is 4.98 Å². The maximum absolute atomic E-state index is 5.29. The lowest BCUT2D eigenvalue weighted by Crippen LogP contribution is -2.05. The van der Waals surface area contributed by atoms with Crippen LogP contribution in [0.15, 0.2) is 66.9 Å². The Kier molecular flexibility index (Phi) is 6.05. The molecular formula is C24H25ClN2O. The van der Waals surface area contributed by atoms with E-state index in [0.717, 1.165) is 24.4 Å². The summed E-state index contributed by atoms with van der Waals surface area (Å²) in [5.41, 5.74) is 7.53. The molecular weight excluding hydrogens is 368 g/mol. The molecule has 2 aromatic heterocycles. The monoisotopic (exact) mass is 392 g/mol. The lowest BCUT2D eigenvalue weighted by Gasteiger charge is -2.12. The van der Waals surface area contributed by atoms with Crippen LogP contribution in [-0.2, 0) is 13.0 Å². The Labute approximate surface area is 172 Å². The van der Waals surface area contributed by atoms with E-state index in [2.05, 4.69) is 66.9 Å². The van der Waals surface area contributed by atoms with Gasteiger partial charge in [0.15, 0.2) is 0 Å². The quantitative estimate of drug-likeness (QED) is 0.434. The molecule has 0 aliphatic rings. The fraction of sp³-hybridized carbons (Fsp3) is 0.208. The van der Waals surface area contributed by atoms with Gasteiger partial charge in [0.25, 0.3) is 0 Å². The van der Waals surface area contributed by atoms with Crippen molar-refractivity contribution in [3.05, 3.63) is 94.9 Å². The van der Waals surface area contributed by atoms with Gasteiger partial charge in [-0.05, 0) is 48.7 Å². The Morgan fingerprint density at radius 2 is 1.61 bits per heavy atom. The Morgan fingerprint density at radius 3 is 2.29 bits per heavy atom. The molecule has 0 aliphatic carbocycles. The third kappa shape index (κ3) is 3.76. The van der Waals surface area contributed by atoms with Crippen LogP contribution in [0.5, 0.6) is 5.75 Å². The van der Waals surface area contributed by atoms with E-state index in [1.54, 1.807) is 7.11 Å². The Balaban J connectivity index is 0.00000225. The molecule has 4 rings (SSSR count). The van der Waals surface area contributed by atoms with Crippen LogP contribution in [-0.4, -0.2) is 16.7 Å². The molecule has 2 heterocycles. The van der Waals surface area contributed by atoms with Crippen LogP contribution in [0.1, 0.15) is 28.1 Å². The molecule has 0 saturated carbocycles. The zero-order valence-corrected chi connectivity index (χ0v) is 17.3. The van der Waals surface area contributed by atoms with E-state index in [1.165, 1.54) is 33.3 Å². The number of fused-ring (bicyclic) bond motifs is 1. The molecule has 0 radical (unpaired) electrons. The predicted octanol–water partition coefficient (Wildman–Crippen LogP) is 5.72. The van der Waals surface area contributed by atoms with Crippen LogP contribution < -0.4 is 4.74 Å². The van der Waals surface area contributed by atoms with Crippen molar-refractivity contribution in [3.63, 3.8) is 0 Å². The lowest BCUT2D eigenvalue weighted by atomic mass is 10.1. The van der Waals surface area contributed by atoms with Crippen molar-refractivity contribution in [2.75, 3.05) is 7.11 Å². The summed E-state index contributed by atoms with van der Waals surface area (Å²) in [5, 5.41) is 1.29.